The molecule has 1 aromatic carbocycles. The van der Waals surface area contributed by atoms with E-state index in [0.29, 0.717) is 42.9 Å². The summed E-state index contributed by atoms with van der Waals surface area (Å²) in [5.74, 6) is 1.68. The lowest BCUT2D eigenvalue weighted by atomic mass is 9.95. The van der Waals surface area contributed by atoms with E-state index < -0.39 is 0 Å². The van der Waals surface area contributed by atoms with Gasteiger partial charge in [0, 0.05) is 5.92 Å². The average Bonchev–Trinajstić information content (AvgIpc) is 2.96. The van der Waals surface area contributed by atoms with Gasteiger partial charge in [0.2, 0.25) is 5.91 Å². The Morgan fingerprint density at radius 2 is 2.15 bits per heavy atom. The molecule has 3 N–H and O–H groups in total. The van der Waals surface area contributed by atoms with Gasteiger partial charge in [-0.2, -0.15) is 0 Å². The van der Waals surface area contributed by atoms with E-state index in [4.69, 9.17) is 15.2 Å². The highest BCUT2D eigenvalue weighted by atomic mass is 16.6. The number of ether oxygens (including phenoxy) is 2. The molecule has 2 aliphatic rings. The number of carbonyl (C=O) groups excluding carboxylic acids is 1. The number of fused-ring (bicyclic) bond motifs is 1. The molecular weight excluding hydrogens is 256 g/mol. The van der Waals surface area contributed by atoms with Gasteiger partial charge in [-0.25, -0.2) is 0 Å². The Balaban J connectivity index is 1.76. The maximum atomic E-state index is 12.4. The van der Waals surface area contributed by atoms with E-state index in [9.17, 15) is 4.79 Å². The van der Waals surface area contributed by atoms with Crippen molar-refractivity contribution in [3.63, 3.8) is 0 Å². The maximum Gasteiger partial charge on any atom is 0.227 e. The largest absolute Gasteiger partial charge is 0.486 e. The van der Waals surface area contributed by atoms with Gasteiger partial charge in [0.25, 0.3) is 0 Å². The van der Waals surface area contributed by atoms with Gasteiger partial charge in [0.1, 0.15) is 13.2 Å². The number of nitrogens with two attached hydrogens (primary N) is 1. The summed E-state index contributed by atoms with van der Waals surface area (Å²) in [5.41, 5.74) is 6.43. The standard InChI is InChI=1S/C15H20N2O3/c16-9-10-3-1-4-11(10)15(18)17-12-5-2-6-13-14(12)20-8-7-19-13/h2,5-6,10-11H,1,3-4,7-9,16H2,(H,17,18)/t10-,11-/m1/s1. The van der Waals surface area contributed by atoms with Crippen LogP contribution in [0.25, 0.3) is 0 Å². The molecule has 0 spiro atoms. The van der Waals surface area contributed by atoms with Crippen LogP contribution in [0.3, 0.4) is 0 Å². The van der Waals surface area contributed by atoms with Crippen LogP contribution in [-0.2, 0) is 4.79 Å². The number of hydrogen-bond acceptors (Lipinski definition) is 4. The van der Waals surface area contributed by atoms with Crippen LogP contribution in [-0.4, -0.2) is 25.7 Å². The first-order valence-electron chi connectivity index (χ1n) is 7.19. The minimum atomic E-state index is 0.0142. The SMILES string of the molecule is NC[C@H]1CCC[C@H]1C(=O)Nc1cccc2c1OCCO2. The second-order valence-electron chi connectivity index (χ2n) is 5.35. The molecule has 1 aromatic rings. The van der Waals surface area contributed by atoms with Gasteiger partial charge in [-0.15, -0.1) is 0 Å². The van der Waals surface area contributed by atoms with Gasteiger partial charge in [0.05, 0.1) is 5.69 Å². The van der Waals surface area contributed by atoms with Crippen molar-refractivity contribution in [2.24, 2.45) is 17.6 Å². The van der Waals surface area contributed by atoms with Crippen LogP contribution < -0.4 is 20.5 Å². The van der Waals surface area contributed by atoms with Gasteiger partial charge >= 0.3 is 0 Å². The van der Waals surface area contributed by atoms with Crippen LogP contribution in [0.15, 0.2) is 18.2 Å². The summed E-state index contributed by atoms with van der Waals surface area (Å²) < 4.78 is 11.1. The molecule has 20 heavy (non-hydrogen) atoms. The van der Waals surface area contributed by atoms with E-state index in [1.807, 2.05) is 18.2 Å². The number of benzene rings is 1. The Labute approximate surface area is 118 Å². The zero-order valence-electron chi connectivity index (χ0n) is 11.4. The fourth-order valence-corrected chi connectivity index (χ4v) is 3.06. The molecule has 0 radical (unpaired) electrons. The molecule has 0 bridgehead atoms. The van der Waals surface area contributed by atoms with Crippen LogP contribution in [0.5, 0.6) is 11.5 Å². The van der Waals surface area contributed by atoms with Gasteiger partial charge in [-0.1, -0.05) is 12.5 Å². The molecule has 108 valence electrons. The average molecular weight is 276 g/mol. The van der Waals surface area contributed by atoms with Crippen molar-refractivity contribution in [1.29, 1.82) is 0 Å². The van der Waals surface area contributed by atoms with Crippen molar-refractivity contribution in [3.05, 3.63) is 18.2 Å². The summed E-state index contributed by atoms with van der Waals surface area (Å²) in [6.45, 7) is 1.63. The van der Waals surface area contributed by atoms with Gasteiger partial charge < -0.3 is 20.5 Å². The molecule has 5 heteroatoms. The molecule has 1 heterocycles. The van der Waals surface area contributed by atoms with E-state index in [1.165, 1.54) is 0 Å². The fraction of sp³-hybridized carbons (Fsp3) is 0.533. The Kier molecular flexibility index (Phi) is 3.78. The normalized spacial score (nSPS) is 24.4. The highest BCUT2D eigenvalue weighted by Gasteiger charge is 2.32. The molecule has 0 aromatic heterocycles. The number of rotatable bonds is 3. The lowest BCUT2D eigenvalue weighted by Gasteiger charge is -2.22. The zero-order chi connectivity index (χ0) is 13.9. The summed E-state index contributed by atoms with van der Waals surface area (Å²) >= 11 is 0. The van der Waals surface area contributed by atoms with E-state index in [-0.39, 0.29) is 11.8 Å². The minimum absolute atomic E-state index is 0.0142. The van der Waals surface area contributed by atoms with Crippen molar-refractivity contribution in [2.75, 3.05) is 25.1 Å². The minimum Gasteiger partial charge on any atom is -0.486 e. The highest BCUT2D eigenvalue weighted by molar-refractivity contribution is 5.94. The van der Waals surface area contributed by atoms with Crippen LogP contribution in [0.1, 0.15) is 19.3 Å². The van der Waals surface area contributed by atoms with Gasteiger partial charge in [0.15, 0.2) is 11.5 Å². The third-order valence-electron chi connectivity index (χ3n) is 4.12. The predicted octanol–water partition coefficient (Wildman–Crippen LogP) is 1.77. The molecule has 1 saturated carbocycles. The second kappa shape index (κ2) is 5.71. The molecule has 0 unspecified atom stereocenters. The van der Waals surface area contributed by atoms with Gasteiger partial charge in [-0.3, -0.25) is 4.79 Å². The number of anilines is 1. The van der Waals surface area contributed by atoms with Crippen molar-refractivity contribution in [1.82, 2.24) is 0 Å². The number of carbonyl (C=O) groups is 1. The molecule has 1 amide bonds. The van der Waals surface area contributed by atoms with Crippen LogP contribution in [0, 0.1) is 11.8 Å². The molecular formula is C15H20N2O3. The summed E-state index contributed by atoms with van der Waals surface area (Å²) in [6, 6.07) is 5.55. The van der Waals surface area contributed by atoms with Crippen LogP contribution in [0.4, 0.5) is 5.69 Å². The van der Waals surface area contributed by atoms with E-state index >= 15 is 0 Å². The summed E-state index contributed by atoms with van der Waals surface area (Å²) in [7, 11) is 0. The highest BCUT2D eigenvalue weighted by Crippen LogP contribution is 2.38. The Hall–Kier alpha value is -1.75. The summed E-state index contributed by atoms with van der Waals surface area (Å²) in [5, 5.41) is 2.98. The number of hydrogen-bond donors (Lipinski definition) is 2. The van der Waals surface area contributed by atoms with Crippen molar-refractivity contribution in [3.8, 4) is 11.5 Å². The van der Waals surface area contributed by atoms with E-state index in [1.54, 1.807) is 0 Å². The first-order valence-corrected chi connectivity index (χ1v) is 7.19. The summed E-state index contributed by atoms with van der Waals surface area (Å²) in [4.78, 5) is 12.4. The lowest BCUT2D eigenvalue weighted by molar-refractivity contribution is -0.120. The Bertz CT molecular complexity index is 504. The summed E-state index contributed by atoms with van der Waals surface area (Å²) in [6.07, 6.45) is 3.04. The van der Waals surface area contributed by atoms with Crippen molar-refractivity contribution < 1.29 is 14.3 Å². The van der Waals surface area contributed by atoms with Crippen LogP contribution >= 0.6 is 0 Å². The maximum absolute atomic E-state index is 12.4. The van der Waals surface area contributed by atoms with Gasteiger partial charge in [-0.05, 0) is 37.4 Å². The fourth-order valence-electron chi connectivity index (χ4n) is 3.06. The molecule has 1 aliphatic heterocycles. The third kappa shape index (κ3) is 2.45. The first kappa shape index (κ1) is 13.2. The number of para-hydroxylation sites is 1. The molecule has 3 rings (SSSR count). The smallest absolute Gasteiger partial charge is 0.227 e. The van der Waals surface area contributed by atoms with Crippen molar-refractivity contribution >= 4 is 11.6 Å². The number of nitrogens with one attached hydrogen (secondary N) is 1. The monoisotopic (exact) mass is 276 g/mol. The molecule has 0 saturated heterocycles. The Morgan fingerprint density at radius 1 is 1.30 bits per heavy atom. The lowest BCUT2D eigenvalue weighted by Crippen LogP contribution is -2.30. The number of amides is 1. The molecule has 1 fully saturated rings. The Morgan fingerprint density at radius 3 is 3.00 bits per heavy atom. The van der Waals surface area contributed by atoms with Crippen LogP contribution in [0.2, 0.25) is 0 Å². The third-order valence-corrected chi connectivity index (χ3v) is 4.12. The van der Waals surface area contributed by atoms with E-state index in [0.717, 1.165) is 19.3 Å². The van der Waals surface area contributed by atoms with Crippen molar-refractivity contribution in [2.45, 2.75) is 19.3 Å². The second-order valence-corrected chi connectivity index (χ2v) is 5.35. The first-order chi connectivity index (χ1) is 9.79. The predicted molar refractivity (Wildman–Crippen MR) is 75.9 cm³/mol. The quantitative estimate of drug-likeness (QED) is 0.882. The molecule has 1 aliphatic carbocycles. The van der Waals surface area contributed by atoms with E-state index in [2.05, 4.69) is 5.32 Å². The topological polar surface area (TPSA) is 73.6 Å². The molecule has 5 nitrogen and oxygen atoms in total. The molecule has 2 atom stereocenters. The zero-order valence-corrected chi connectivity index (χ0v) is 11.4.